The average Bonchev–Trinajstić information content (AvgIpc) is 3.57. The van der Waals surface area contributed by atoms with E-state index in [4.69, 9.17) is 0 Å². The fourth-order valence-corrected chi connectivity index (χ4v) is 14.6. The minimum Gasteiger partial charge on any atom is -0.389 e. The molecule has 0 radical (unpaired) electrons. The van der Waals surface area contributed by atoms with Crippen LogP contribution < -0.4 is 0 Å². The SMILES string of the molecule is CC1C2CC3CC1CC(C2)C3(CC(=O)N1CC(O)C1)c1ccccc1.CC1C2CC3CC1CC(C2)C3(CC(=O)N1CC(c2nnnn2C)C1)c1ccccc1. The summed E-state index contributed by atoms with van der Waals surface area (Å²) in [6, 6.07) is 21.9. The van der Waals surface area contributed by atoms with Gasteiger partial charge in [0.05, 0.1) is 12.0 Å². The number of hydrogen-bond acceptors (Lipinski definition) is 6. The Bertz CT molecular complexity index is 1820. The van der Waals surface area contributed by atoms with E-state index in [2.05, 4.69) is 90.0 Å². The van der Waals surface area contributed by atoms with E-state index in [9.17, 15) is 14.7 Å². The fraction of sp³-hybridized carbons (Fsp3) is 0.674. The molecule has 0 unspecified atom stereocenters. The van der Waals surface area contributed by atoms with Gasteiger partial charge in [0.2, 0.25) is 11.8 Å². The summed E-state index contributed by atoms with van der Waals surface area (Å²) in [6.07, 6.45) is 11.5. The number of rotatable bonds is 7. The summed E-state index contributed by atoms with van der Waals surface area (Å²) >= 11 is 0. The van der Waals surface area contributed by atoms with E-state index in [0.29, 0.717) is 55.5 Å². The molecule has 1 aromatic heterocycles. The number of amides is 2. The van der Waals surface area contributed by atoms with Crippen LogP contribution in [0.3, 0.4) is 0 Å². The molecule has 2 saturated heterocycles. The normalized spacial score (nSPS) is 39.7. The largest absolute Gasteiger partial charge is 0.389 e. The van der Waals surface area contributed by atoms with Gasteiger partial charge in [-0.1, -0.05) is 74.5 Å². The van der Waals surface area contributed by atoms with Crippen molar-refractivity contribution in [3.8, 4) is 0 Å². The van der Waals surface area contributed by atoms with Crippen LogP contribution >= 0.6 is 0 Å². The van der Waals surface area contributed by atoms with Crippen LogP contribution in [-0.4, -0.2) is 79.2 Å². The van der Waals surface area contributed by atoms with Gasteiger partial charge in [-0.05, 0) is 132 Å². The number of β-amino-alcohol motifs (C(OH)–C–C–N with tert-alkyl or cyclic N) is 1. The van der Waals surface area contributed by atoms with E-state index < -0.39 is 0 Å². The number of likely N-dealkylation sites (tertiary alicyclic amines) is 2. The van der Waals surface area contributed by atoms with Gasteiger partial charge in [-0.2, -0.15) is 0 Å². The molecular formula is C46H60N6O3. The Labute approximate surface area is 326 Å². The first-order valence-electron chi connectivity index (χ1n) is 21.7. The van der Waals surface area contributed by atoms with Gasteiger partial charge in [0, 0.05) is 56.9 Å². The van der Waals surface area contributed by atoms with Gasteiger partial charge in [0.1, 0.15) is 0 Å². The monoisotopic (exact) mass is 744 g/mol. The number of nitrogens with zero attached hydrogens (tertiary/aromatic N) is 6. The summed E-state index contributed by atoms with van der Waals surface area (Å²) < 4.78 is 1.73. The second-order valence-corrected chi connectivity index (χ2v) is 19.7. The lowest BCUT2D eigenvalue weighted by molar-refractivity contribution is -0.151. The van der Waals surface area contributed by atoms with Crippen LogP contribution in [0.15, 0.2) is 60.7 Å². The molecule has 3 aromatic rings. The van der Waals surface area contributed by atoms with Crippen molar-refractivity contribution in [2.24, 2.45) is 66.2 Å². The number of aryl methyl sites for hydroxylation is 1. The van der Waals surface area contributed by atoms with E-state index in [1.807, 2.05) is 16.8 Å². The van der Waals surface area contributed by atoms with Crippen molar-refractivity contribution in [1.29, 1.82) is 0 Å². The van der Waals surface area contributed by atoms with Crippen LogP contribution in [0.2, 0.25) is 0 Å². The van der Waals surface area contributed by atoms with Crippen molar-refractivity contribution < 1.29 is 14.7 Å². The van der Waals surface area contributed by atoms with E-state index in [-0.39, 0.29) is 28.8 Å². The number of aromatic nitrogens is 4. The fourth-order valence-electron chi connectivity index (χ4n) is 14.6. The van der Waals surface area contributed by atoms with Gasteiger partial charge in [-0.25, -0.2) is 4.68 Å². The summed E-state index contributed by atoms with van der Waals surface area (Å²) in [7, 11) is 1.87. The van der Waals surface area contributed by atoms with Gasteiger partial charge in [-0.3, -0.25) is 9.59 Å². The molecule has 0 spiro atoms. The second-order valence-electron chi connectivity index (χ2n) is 19.7. The van der Waals surface area contributed by atoms with Crippen molar-refractivity contribution in [1.82, 2.24) is 30.0 Å². The molecule has 8 saturated carbocycles. The number of tetrazole rings is 1. The Balaban J connectivity index is 0.000000138. The number of benzene rings is 2. The highest BCUT2D eigenvalue weighted by atomic mass is 16.3. The van der Waals surface area contributed by atoms with E-state index in [1.165, 1.54) is 62.5 Å². The first-order valence-corrected chi connectivity index (χ1v) is 21.7. The molecular weight excluding hydrogens is 685 g/mol. The Morgan fingerprint density at radius 2 is 1.02 bits per heavy atom. The summed E-state index contributed by atoms with van der Waals surface area (Å²) in [5, 5.41) is 21.4. The Hall–Kier alpha value is -3.59. The van der Waals surface area contributed by atoms with Crippen molar-refractivity contribution >= 4 is 11.8 Å². The lowest BCUT2D eigenvalue weighted by atomic mass is 9.41. The first-order chi connectivity index (χ1) is 26.6. The standard InChI is InChI=1S/C24H31N5O.C22H29NO2/c1-15-16-8-20-10-17(15)11-21(9-16)24(20,19-6-4-3-5-7-19)12-22(30)29-13-18(14-29)23-25-26-27-28(23)2;1-14-15-7-18-9-16(14)10-19(8-15)22(18,17-5-3-2-4-6-17)11-21(25)23-12-20(24)13-23/h3-7,15-18,20-21H,8-14H2,1-2H3;2-6,14-16,18-20,24H,7-13H2,1H3. The number of hydrogen-bond donors (Lipinski definition) is 1. The molecule has 55 heavy (non-hydrogen) atoms. The first kappa shape index (κ1) is 35.8. The molecule has 0 atom stereocenters. The van der Waals surface area contributed by atoms with Gasteiger partial charge >= 0.3 is 0 Å². The van der Waals surface area contributed by atoms with Crippen LogP contribution in [0.1, 0.15) is 101 Å². The van der Waals surface area contributed by atoms with Gasteiger partial charge in [0.15, 0.2) is 5.82 Å². The van der Waals surface area contributed by atoms with Gasteiger partial charge in [-0.15, -0.1) is 5.10 Å². The highest BCUT2D eigenvalue weighted by molar-refractivity contribution is 5.80. The van der Waals surface area contributed by atoms with Gasteiger partial charge in [0.25, 0.3) is 0 Å². The second kappa shape index (κ2) is 13.5. The molecule has 9 heteroatoms. The molecule has 2 aliphatic heterocycles. The van der Waals surface area contributed by atoms with Crippen molar-refractivity contribution in [3.05, 3.63) is 77.6 Å². The number of aliphatic hydroxyl groups excluding tert-OH is 1. The molecule has 10 fully saturated rings. The molecule has 2 amide bonds. The minimum absolute atomic E-state index is 0.0307. The van der Waals surface area contributed by atoms with Crippen molar-refractivity contribution in [2.45, 2.75) is 101 Å². The maximum absolute atomic E-state index is 13.5. The highest BCUT2D eigenvalue weighted by Gasteiger charge is 2.62. The zero-order valence-electron chi connectivity index (χ0n) is 33.0. The lowest BCUT2D eigenvalue weighted by Crippen LogP contribution is -2.61. The minimum atomic E-state index is -0.309. The Kier molecular flexibility index (Phi) is 8.80. The van der Waals surface area contributed by atoms with Crippen molar-refractivity contribution in [3.63, 3.8) is 0 Å². The third-order valence-electron chi connectivity index (χ3n) is 17.6. The number of carbonyl (C=O) groups excluding carboxylic acids is 2. The molecule has 10 aliphatic rings. The Morgan fingerprint density at radius 3 is 1.36 bits per heavy atom. The zero-order chi connectivity index (χ0) is 37.6. The quantitative estimate of drug-likeness (QED) is 0.301. The highest BCUT2D eigenvalue weighted by Crippen LogP contribution is 2.67. The molecule has 292 valence electrons. The van der Waals surface area contributed by atoms with Gasteiger partial charge < -0.3 is 14.9 Å². The predicted octanol–water partition coefficient (Wildman–Crippen LogP) is 6.39. The van der Waals surface area contributed by atoms with E-state index >= 15 is 0 Å². The van der Waals surface area contributed by atoms with Crippen LogP contribution in [0.5, 0.6) is 0 Å². The zero-order valence-corrected chi connectivity index (χ0v) is 33.0. The topological polar surface area (TPSA) is 104 Å². The smallest absolute Gasteiger partial charge is 0.223 e. The average molecular weight is 745 g/mol. The van der Waals surface area contributed by atoms with Crippen LogP contribution in [0.4, 0.5) is 0 Å². The maximum Gasteiger partial charge on any atom is 0.223 e. The molecule has 8 aliphatic carbocycles. The van der Waals surface area contributed by atoms with Crippen LogP contribution in [0, 0.1) is 59.2 Å². The van der Waals surface area contributed by atoms with E-state index in [1.54, 1.807) is 4.68 Å². The molecule has 1 N–H and O–H groups in total. The lowest BCUT2D eigenvalue weighted by Gasteiger charge is -2.64. The molecule has 13 rings (SSSR count). The summed E-state index contributed by atoms with van der Waals surface area (Å²) in [4.78, 5) is 30.5. The number of aliphatic hydroxyl groups is 1. The third kappa shape index (κ3) is 5.66. The summed E-state index contributed by atoms with van der Waals surface area (Å²) in [5.41, 5.74) is 2.87. The van der Waals surface area contributed by atoms with Crippen LogP contribution in [0.25, 0.3) is 0 Å². The van der Waals surface area contributed by atoms with Crippen molar-refractivity contribution in [2.75, 3.05) is 26.2 Å². The molecule has 3 heterocycles. The molecule has 2 aromatic carbocycles. The summed E-state index contributed by atoms with van der Waals surface area (Å²) in [6.45, 7) is 7.49. The Morgan fingerprint density at radius 1 is 0.636 bits per heavy atom. The molecule has 9 nitrogen and oxygen atoms in total. The van der Waals surface area contributed by atoms with Crippen LogP contribution in [-0.2, 0) is 27.5 Å². The predicted molar refractivity (Wildman–Crippen MR) is 209 cm³/mol. The molecule has 8 bridgehead atoms. The maximum atomic E-state index is 13.5. The number of carbonyl (C=O) groups is 2. The van der Waals surface area contributed by atoms with E-state index in [0.717, 1.165) is 54.4 Å². The summed E-state index contributed by atoms with van der Waals surface area (Å²) in [5.74, 6) is 9.60. The third-order valence-corrected chi connectivity index (χ3v) is 17.6.